The number of anilines is 1. The Kier molecular flexibility index (Phi) is 6.21. The minimum absolute atomic E-state index is 0.177. The highest BCUT2D eigenvalue weighted by molar-refractivity contribution is 6.35. The molecule has 1 amide bonds. The van der Waals surface area contributed by atoms with Gasteiger partial charge in [0, 0.05) is 16.6 Å². The molecule has 6 nitrogen and oxygen atoms in total. The zero-order chi connectivity index (χ0) is 22.1. The first-order chi connectivity index (χ1) is 15.0. The van der Waals surface area contributed by atoms with E-state index >= 15 is 0 Å². The second kappa shape index (κ2) is 8.89. The standard InChI is InChI=1S/C23H23Cl2N3O3/c1-3-5-12-27-21(29)19(22(30)31-4-2)20(15-11-10-14(24)13-16(15)25)28-18-9-7-6-8-17(18)26-23(27)28/h6-11,13,19-20H,3-5,12H2,1-2H3/t19-,20+/m1/s1. The fourth-order valence-electron chi connectivity index (χ4n) is 4.10. The van der Waals surface area contributed by atoms with Gasteiger partial charge in [-0.1, -0.05) is 54.7 Å². The van der Waals surface area contributed by atoms with Gasteiger partial charge in [0.05, 0.1) is 23.7 Å². The number of para-hydroxylation sites is 2. The van der Waals surface area contributed by atoms with Crippen molar-refractivity contribution in [3.63, 3.8) is 0 Å². The first-order valence-corrected chi connectivity index (χ1v) is 11.1. The lowest BCUT2D eigenvalue weighted by molar-refractivity contribution is -0.153. The van der Waals surface area contributed by atoms with E-state index in [0.717, 1.165) is 23.9 Å². The van der Waals surface area contributed by atoms with Crippen molar-refractivity contribution in [3.05, 3.63) is 58.1 Å². The highest BCUT2D eigenvalue weighted by Gasteiger charge is 2.48. The number of amides is 1. The number of benzene rings is 2. The lowest BCUT2D eigenvalue weighted by Crippen LogP contribution is -2.50. The molecule has 2 aromatic carbocycles. The summed E-state index contributed by atoms with van der Waals surface area (Å²) in [4.78, 5) is 33.1. The van der Waals surface area contributed by atoms with Crippen LogP contribution in [0.15, 0.2) is 42.5 Å². The summed E-state index contributed by atoms with van der Waals surface area (Å²) in [5.41, 5.74) is 2.18. The Bertz CT molecular complexity index is 1140. The maximum Gasteiger partial charge on any atom is 0.321 e. The lowest BCUT2D eigenvalue weighted by Gasteiger charge is -2.38. The van der Waals surface area contributed by atoms with Crippen LogP contribution in [0, 0.1) is 5.92 Å². The number of rotatable bonds is 6. The van der Waals surface area contributed by atoms with Crippen LogP contribution >= 0.6 is 23.2 Å². The molecule has 2 atom stereocenters. The molecule has 8 heteroatoms. The number of fused-ring (bicyclic) bond motifs is 3. The van der Waals surface area contributed by atoms with E-state index in [1.54, 1.807) is 30.0 Å². The van der Waals surface area contributed by atoms with Crippen LogP contribution in [-0.4, -0.2) is 34.6 Å². The van der Waals surface area contributed by atoms with Gasteiger partial charge in [0.25, 0.3) is 0 Å². The summed E-state index contributed by atoms with van der Waals surface area (Å²) in [6.45, 7) is 4.42. The minimum Gasteiger partial charge on any atom is -0.465 e. The third kappa shape index (κ3) is 3.79. The number of halogens is 2. The van der Waals surface area contributed by atoms with Crippen molar-refractivity contribution >= 4 is 52.1 Å². The van der Waals surface area contributed by atoms with Gasteiger partial charge in [0.15, 0.2) is 5.92 Å². The Labute approximate surface area is 190 Å². The Hall–Kier alpha value is -2.57. The van der Waals surface area contributed by atoms with Crippen LogP contribution in [0.2, 0.25) is 10.0 Å². The number of nitrogens with zero attached hydrogens (tertiary/aromatic N) is 3. The summed E-state index contributed by atoms with van der Waals surface area (Å²) in [5.74, 6) is -1.48. The maximum atomic E-state index is 13.7. The number of ether oxygens (including phenoxy) is 1. The summed E-state index contributed by atoms with van der Waals surface area (Å²) < 4.78 is 7.27. The Morgan fingerprint density at radius 1 is 1.16 bits per heavy atom. The zero-order valence-corrected chi connectivity index (χ0v) is 18.9. The summed E-state index contributed by atoms with van der Waals surface area (Å²) in [6.07, 6.45) is 1.69. The molecule has 0 saturated heterocycles. The van der Waals surface area contributed by atoms with Gasteiger partial charge in [-0.15, -0.1) is 0 Å². The number of hydrogen-bond acceptors (Lipinski definition) is 4. The van der Waals surface area contributed by atoms with Crippen LogP contribution < -0.4 is 4.90 Å². The number of unbranched alkanes of at least 4 members (excludes halogenated alkanes) is 1. The molecule has 0 bridgehead atoms. The zero-order valence-electron chi connectivity index (χ0n) is 17.3. The van der Waals surface area contributed by atoms with Crippen molar-refractivity contribution in [2.24, 2.45) is 5.92 Å². The summed E-state index contributed by atoms with van der Waals surface area (Å²) in [5, 5.41) is 0.856. The predicted octanol–water partition coefficient (Wildman–Crippen LogP) is 5.26. The number of carbonyl (C=O) groups excluding carboxylic acids is 2. The van der Waals surface area contributed by atoms with E-state index in [-0.39, 0.29) is 12.5 Å². The topological polar surface area (TPSA) is 64.4 Å². The van der Waals surface area contributed by atoms with E-state index in [0.29, 0.717) is 28.1 Å². The molecule has 162 valence electrons. The van der Waals surface area contributed by atoms with Crippen molar-refractivity contribution in [2.75, 3.05) is 18.1 Å². The quantitative estimate of drug-likeness (QED) is 0.372. The van der Waals surface area contributed by atoms with Gasteiger partial charge < -0.3 is 9.30 Å². The van der Waals surface area contributed by atoms with Gasteiger partial charge in [-0.25, -0.2) is 4.98 Å². The summed E-state index contributed by atoms with van der Waals surface area (Å²) in [7, 11) is 0. The highest BCUT2D eigenvalue weighted by Crippen LogP contribution is 2.43. The van der Waals surface area contributed by atoms with Gasteiger partial charge in [0.2, 0.25) is 11.9 Å². The molecule has 0 N–H and O–H groups in total. The van der Waals surface area contributed by atoms with Crippen molar-refractivity contribution in [3.8, 4) is 0 Å². The molecule has 3 aromatic rings. The average molecular weight is 460 g/mol. The van der Waals surface area contributed by atoms with Crippen LogP contribution in [0.25, 0.3) is 11.0 Å². The van der Waals surface area contributed by atoms with Crippen LogP contribution in [0.1, 0.15) is 38.3 Å². The predicted molar refractivity (Wildman–Crippen MR) is 122 cm³/mol. The molecule has 2 heterocycles. The Morgan fingerprint density at radius 2 is 1.94 bits per heavy atom. The normalized spacial score (nSPS) is 18.3. The number of esters is 1. The van der Waals surface area contributed by atoms with E-state index in [2.05, 4.69) is 6.92 Å². The molecular weight excluding hydrogens is 437 g/mol. The monoisotopic (exact) mass is 459 g/mol. The molecule has 0 unspecified atom stereocenters. The van der Waals surface area contributed by atoms with E-state index < -0.39 is 17.9 Å². The van der Waals surface area contributed by atoms with E-state index in [9.17, 15) is 9.59 Å². The highest BCUT2D eigenvalue weighted by atomic mass is 35.5. The second-order valence-corrected chi connectivity index (χ2v) is 8.30. The average Bonchev–Trinajstić information content (AvgIpc) is 3.12. The number of hydrogen-bond donors (Lipinski definition) is 0. The Morgan fingerprint density at radius 3 is 2.65 bits per heavy atom. The van der Waals surface area contributed by atoms with E-state index in [1.807, 2.05) is 28.8 Å². The Balaban J connectivity index is 2.00. The molecule has 1 aliphatic rings. The van der Waals surface area contributed by atoms with Crippen molar-refractivity contribution in [2.45, 2.75) is 32.7 Å². The van der Waals surface area contributed by atoms with Crippen molar-refractivity contribution < 1.29 is 14.3 Å². The minimum atomic E-state index is -1.08. The first kappa shape index (κ1) is 21.7. The molecule has 0 saturated carbocycles. The van der Waals surface area contributed by atoms with Gasteiger partial charge >= 0.3 is 5.97 Å². The fraction of sp³-hybridized carbons (Fsp3) is 0.348. The van der Waals surface area contributed by atoms with Gasteiger partial charge in [0.1, 0.15) is 0 Å². The molecule has 0 spiro atoms. The van der Waals surface area contributed by atoms with Gasteiger partial charge in [-0.05, 0) is 43.2 Å². The van der Waals surface area contributed by atoms with Crippen molar-refractivity contribution in [1.29, 1.82) is 0 Å². The van der Waals surface area contributed by atoms with Gasteiger partial charge in [-0.2, -0.15) is 0 Å². The third-order valence-electron chi connectivity index (χ3n) is 5.50. The molecule has 0 aliphatic carbocycles. The summed E-state index contributed by atoms with van der Waals surface area (Å²) >= 11 is 12.7. The number of imidazole rings is 1. The SMILES string of the molecule is CCCCN1C(=O)[C@H](C(=O)OCC)[C@H](c2ccc(Cl)cc2Cl)n2c1nc1ccccc12. The first-order valence-electron chi connectivity index (χ1n) is 10.4. The number of carbonyl (C=O) groups is 2. The third-order valence-corrected chi connectivity index (χ3v) is 6.06. The number of aromatic nitrogens is 2. The molecule has 1 aromatic heterocycles. The van der Waals surface area contributed by atoms with Crippen molar-refractivity contribution in [1.82, 2.24) is 9.55 Å². The lowest BCUT2D eigenvalue weighted by atomic mass is 9.89. The van der Waals surface area contributed by atoms with E-state index in [4.69, 9.17) is 32.9 Å². The van der Waals surface area contributed by atoms with Crippen LogP contribution in [0.3, 0.4) is 0 Å². The van der Waals surface area contributed by atoms with Crippen LogP contribution in [0.5, 0.6) is 0 Å². The molecule has 4 rings (SSSR count). The fourth-order valence-corrected chi connectivity index (χ4v) is 4.62. The molecular formula is C23H23Cl2N3O3. The maximum absolute atomic E-state index is 13.7. The van der Waals surface area contributed by atoms with E-state index in [1.165, 1.54) is 0 Å². The molecule has 0 fully saturated rings. The van der Waals surface area contributed by atoms with Crippen LogP contribution in [0.4, 0.5) is 5.95 Å². The van der Waals surface area contributed by atoms with Crippen LogP contribution in [-0.2, 0) is 14.3 Å². The molecule has 31 heavy (non-hydrogen) atoms. The largest absolute Gasteiger partial charge is 0.465 e. The van der Waals surface area contributed by atoms with Gasteiger partial charge in [-0.3, -0.25) is 14.5 Å². The molecule has 0 radical (unpaired) electrons. The molecule has 1 aliphatic heterocycles. The summed E-state index contributed by atoms with van der Waals surface area (Å²) in [6, 6.07) is 12.0. The second-order valence-electron chi connectivity index (χ2n) is 7.45. The smallest absolute Gasteiger partial charge is 0.321 e.